The van der Waals surface area contributed by atoms with Crippen LogP contribution in [0.5, 0.6) is 0 Å². The molecule has 0 saturated heterocycles. The summed E-state index contributed by atoms with van der Waals surface area (Å²) in [5.74, 6) is 0. The van der Waals surface area contributed by atoms with Gasteiger partial charge in [0.15, 0.2) is 0 Å². The van der Waals surface area contributed by atoms with Gasteiger partial charge in [0, 0.05) is 17.8 Å². The van der Waals surface area contributed by atoms with Gasteiger partial charge < -0.3 is 1.43 Å². The summed E-state index contributed by atoms with van der Waals surface area (Å²) in [7, 11) is -4.25. The van der Waals surface area contributed by atoms with Crippen LogP contribution in [-0.2, 0) is 10.1 Å². The Balaban J connectivity index is 0.000001000. The summed E-state index contributed by atoms with van der Waals surface area (Å²) in [5, 5.41) is 1.13. The minimum atomic E-state index is -4.25. The summed E-state index contributed by atoms with van der Waals surface area (Å²) in [5.41, 5.74) is 1.26. The molecule has 0 atom stereocenters. The molecule has 1 aromatic heterocycles. The first-order valence-electron chi connectivity index (χ1n) is 5.17. The number of fused-ring (bicyclic) bond motifs is 2. The van der Waals surface area contributed by atoms with Crippen LogP contribution >= 0.6 is 0 Å². The van der Waals surface area contributed by atoms with Crippen molar-refractivity contribution in [3.8, 4) is 0 Å². The van der Waals surface area contributed by atoms with Crippen LogP contribution in [0, 0.1) is 0 Å². The van der Waals surface area contributed by atoms with Crippen LogP contribution in [0.3, 0.4) is 0 Å². The third kappa shape index (κ3) is 2.63. The second-order valence-electron chi connectivity index (χ2n) is 3.85. The van der Waals surface area contributed by atoms with Crippen LogP contribution in [0.2, 0.25) is 0 Å². The van der Waals surface area contributed by atoms with Crippen molar-refractivity contribution in [2.45, 2.75) is 4.90 Å². The Morgan fingerprint density at radius 1 is 1.05 bits per heavy atom. The Labute approximate surface area is 133 Å². The van der Waals surface area contributed by atoms with Crippen molar-refractivity contribution >= 4 is 31.9 Å². The molecular formula is C12H9N2NaO3S. The van der Waals surface area contributed by atoms with E-state index in [0.29, 0.717) is 21.8 Å². The summed E-state index contributed by atoms with van der Waals surface area (Å²) in [6.45, 7) is 0. The molecule has 2 aromatic carbocycles. The Kier molecular flexibility index (Phi) is 3.89. The van der Waals surface area contributed by atoms with E-state index < -0.39 is 10.1 Å². The summed E-state index contributed by atoms with van der Waals surface area (Å²) >= 11 is 0. The van der Waals surface area contributed by atoms with Crippen LogP contribution in [-0.4, -0.2) is 22.9 Å². The third-order valence-corrected chi connectivity index (χ3v) is 3.62. The molecule has 92 valence electrons. The van der Waals surface area contributed by atoms with Gasteiger partial charge in [0.1, 0.15) is 4.90 Å². The predicted molar refractivity (Wildman–Crippen MR) is 68.0 cm³/mol. The van der Waals surface area contributed by atoms with E-state index in [2.05, 4.69) is 9.97 Å². The number of rotatable bonds is 1. The molecular weight excluding hydrogens is 275 g/mol. The van der Waals surface area contributed by atoms with Crippen molar-refractivity contribution in [2.24, 2.45) is 0 Å². The van der Waals surface area contributed by atoms with E-state index in [1.54, 1.807) is 30.5 Å². The maximum Gasteiger partial charge on any atom is 1.00 e. The molecule has 0 amide bonds. The molecule has 0 spiro atoms. The van der Waals surface area contributed by atoms with Crippen molar-refractivity contribution in [2.75, 3.05) is 0 Å². The molecule has 3 aromatic rings. The molecule has 0 bridgehead atoms. The van der Waals surface area contributed by atoms with E-state index in [1.807, 2.05) is 0 Å². The Hall–Kier alpha value is -1.05. The first kappa shape index (κ1) is 14.4. The molecule has 0 unspecified atom stereocenters. The molecule has 0 aliphatic rings. The number of benzene rings is 2. The maximum absolute atomic E-state index is 11.3. The SMILES string of the molecule is O=S(=O)(O)c1cccc2cc3nccnc3cc12.[H-].[Na+]. The van der Waals surface area contributed by atoms with Gasteiger partial charge in [0.05, 0.1) is 11.0 Å². The fourth-order valence-electron chi connectivity index (χ4n) is 1.93. The molecule has 1 N–H and O–H groups in total. The summed E-state index contributed by atoms with van der Waals surface area (Å²) < 4.78 is 31.8. The quantitative estimate of drug-likeness (QED) is 0.357. The van der Waals surface area contributed by atoms with Gasteiger partial charge in [-0.25, -0.2) is 0 Å². The number of nitrogens with zero attached hydrogens (tertiary/aromatic N) is 2. The zero-order valence-corrected chi connectivity index (χ0v) is 12.9. The number of hydrogen-bond donors (Lipinski definition) is 1. The smallest absolute Gasteiger partial charge is 1.00 e. The van der Waals surface area contributed by atoms with E-state index in [1.165, 1.54) is 12.3 Å². The van der Waals surface area contributed by atoms with Crippen molar-refractivity contribution in [1.82, 2.24) is 9.97 Å². The van der Waals surface area contributed by atoms with E-state index in [9.17, 15) is 13.0 Å². The molecule has 0 radical (unpaired) electrons. The van der Waals surface area contributed by atoms with Crippen molar-refractivity contribution < 1.29 is 44.0 Å². The Morgan fingerprint density at radius 2 is 1.68 bits per heavy atom. The van der Waals surface area contributed by atoms with Gasteiger partial charge in [0.2, 0.25) is 0 Å². The first-order chi connectivity index (χ1) is 8.55. The van der Waals surface area contributed by atoms with Gasteiger partial charge in [-0.1, -0.05) is 12.1 Å². The van der Waals surface area contributed by atoms with E-state index in [0.717, 1.165) is 0 Å². The second kappa shape index (κ2) is 5.15. The predicted octanol–water partition coefficient (Wildman–Crippen LogP) is -0.854. The topological polar surface area (TPSA) is 80.2 Å². The fraction of sp³-hybridized carbons (Fsp3) is 0. The minimum Gasteiger partial charge on any atom is -1.00 e. The summed E-state index contributed by atoms with van der Waals surface area (Å²) in [6, 6.07) is 8.05. The largest absolute Gasteiger partial charge is 1.00 e. The average Bonchev–Trinajstić information content (AvgIpc) is 2.34. The normalized spacial score (nSPS) is 11.4. The molecule has 19 heavy (non-hydrogen) atoms. The summed E-state index contributed by atoms with van der Waals surface area (Å²) in [4.78, 5) is 8.15. The van der Waals surface area contributed by atoms with Crippen LogP contribution < -0.4 is 29.6 Å². The molecule has 7 heteroatoms. The van der Waals surface area contributed by atoms with Crippen molar-refractivity contribution in [3.05, 3.63) is 42.7 Å². The van der Waals surface area contributed by atoms with Gasteiger partial charge in [-0.15, -0.1) is 0 Å². The zero-order chi connectivity index (χ0) is 12.8. The van der Waals surface area contributed by atoms with Crippen LogP contribution in [0.4, 0.5) is 0 Å². The second-order valence-corrected chi connectivity index (χ2v) is 5.24. The molecule has 0 fully saturated rings. The Bertz CT molecular complexity index is 871. The van der Waals surface area contributed by atoms with Crippen LogP contribution in [0.1, 0.15) is 1.43 Å². The summed E-state index contributed by atoms with van der Waals surface area (Å²) in [6.07, 6.45) is 3.10. The van der Waals surface area contributed by atoms with Crippen LogP contribution in [0.15, 0.2) is 47.6 Å². The van der Waals surface area contributed by atoms with E-state index >= 15 is 0 Å². The molecule has 1 heterocycles. The van der Waals surface area contributed by atoms with Crippen molar-refractivity contribution in [1.29, 1.82) is 0 Å². The fourth-order valence-corrected chi connectivity index (χ4v) is 2.64. The van der Waals surface area contributed by atoms with E-state index in [4.69, 9.17) is 0 Å². The third-order valence-electron chi connectivity index (χ3n) is 2.71. The molecule has 0 aliphatic heterocycles. The van der Waals surface area contributed by atoms with Crippen molar-refractivity contribution in [3.63, 3.8) is 0 Å². The number of hydrogen-bond acceptors (Lipinski definition) is 4. The maximum atomic E-state index is 11.3. The van der Waals surface area contributed by atoms with Crippen LogP contribution in [0.25, 0.3) is 21.8 Å². The Morgan fingerprint density at radius 3 is 2.32 bits per heavy atom. The van der Waals surface area contributed by atoms with Gasteiger partial charge >= 0.3 is 29.6 Å². The number of aromatic nitrogens is 2. The van der Waals surface area contributed by atoms with Gasteiger partial charge in [0.25, 0.3) is 10.1 Å². The monoisotopic (exact) mass is 284 g/mol. The van der Waals surface area contributed by atoms with Gasteiger partial charge in [-0.2, -0.15) is 8.42 Å². The van der Waals surface area contributed by atoms with E-state index in [-0.39, 0.29) is 35.9 Å². The first-order valence-corrected chi connectivity index (χ1v) is 6.61. The minimum absolute atomic E-state index is 0. The zero-order valence-electron chi connectivity index (χ0n) is 11.1. The van der Waals surface area contributed by atoms with Gasteiger partial charge in [-0.05, 0) is 23.6 Å². The molecule has 5 nitrogen and oxygen atoms in total. The standard InChI is InChI=1S/C12H8N2O3S.Na.H/c15-18(16,17)12-3-1-2-8-6-10-11(7-9(8)12)14-5-4-13-10;;/h1-7H,(H,15,16,17);;/q;+1;-1. The molecule has 3 rings (SSSR count). The van der Waals surface area contributed by atoms with Gasteiger partial charge in [-0.3, -0.25) is 14.5 Å². The molecule has 0 aliphatic carbocycles. The average molecular weight is 284 g/mol. The molecule has 0 saturated carbocycles.